The lowest BCUT2D eigenvalue weighted by molar-refractivity contribution is 0.573. The van der Waals surface area contributed by atoms with Crippen molar-refractivity contribution >= 4 is 26.0 Å². The standard InChI is InChI=1S/C12H18BrNO2S/c1-3-8-17(15,16)14-9-10(2)11-4-6-12(13)7-5-11/h4-7,10,14H,3,8-9H2,1-2H3. The van der Waals surface area contributed by atoms with E-state index in [9.17, 15) is 8.42 Å². The van der Waals surface area contributed by atoms with Crippen molar-refractivity contribution in [3.8, 4) is 0 Å². The molecule has 3 nitrogen and oxygen atoms in total. The van der Waals surface area contributed by atoms with Gasteiger partial charge in [-0.25, -0.2) is 13.1 Å². The summed E-state index contributed by atoms with van der Waals surface area (Å²) < 4.78 is 26.7. The summed E-state index contributed by atoms with van der Waals surface area (Å²) in [5, 5.41) is 0. The Bertz CT molecular complexity index is 442. The summed E-state index contributed by atoms with van der Waals surface area (Å²) in [5.74, 6) is 0.370. The van der Waals surface area contributed by atoms with Crippen LogP contribution < -0.4 is 4.72 Å². The average molecular weight is 320 g/mol. The van der Waals surface area contributed by atoms with Crippen molar-refractivity contribution in [2.24, 2.45) is 0 Å². The molecule has 0 aliphatic carbocycles. The molecule has 0 aliphatic heterocycles. The summed E-state index contributed by atoms with van der Waals surface area (Å²) in [6.45, 7) is 4.32. The molecule has 0 aromatic heterocycles. The normalized spacial score (nSPS) is 13.6. The van der Waals surface area contributed by atoms with Crippen molar-refractivity contribution in [1.82, 2.24) is 4.72 Å². The van der Waals surface area contributed by atoms with Gasteiger partial charge in [-0.05, 0) is 30.0 Å². The van der Waals surface area contributed by atoms with E-state index in [4.69, 9.17) is 0 Å². The van der Waals surface area contributed by atoms with E-state index in [1.807, 2.05) is 38.1 Å². The quantitative estimate of drug-likeness (QED) is 0.876. The predicted octanol–water partition coefficient (Wildman–Crippen LogP) is 2.88. The third-order valence-corrected chi connectivity index (χ3v) is 4.60. The van der Waals surface area contributed by atoms with Crippen molar-refractivity contribution in [3.05, 3.63) is 34.3 Å². The Balaban J connectivity index is 2.55. The SMILES string of the molecule is CCCS(=O)(=O)NCC(C)c1ccc(Br)cc1. The second-order valence-corrected chi connectivity index (χ2v) is 6.96. The van der Waals surface area contributed by atoms with Crippen molar-refractivity contribution < 1.29 is 8.42 Å². The first-order valence-electron chi connectivity index (χ1n) is 5.67. The summed E-state index contributed by atoms with van der Waals surface area (Å²) in [4.78, 5) is 0. The van der Waals surface area contributed by atoms with Gasteiger partial charge in [0, 0.05) is 11.0 Å². The van der Waals surface area contributed by atoms with Gasteiger partial charge in [0.15, 0.2) is 0 Å². The average Bonchev–Trinajstić information content (AvgIpc) is 2.27. The van der Waals surface area contributed by atoms with Gasteiger partial charge in [-0.2, -0.15) is 0 Å². The maximum Gasteiger partial charge on any atom is 0.211 e. The fraction of sp³-hybridized carbons (Fsp3) is 0.500. The minimum absolute atomic E-state index is 0.176. The molecule has 1 atom stereocenters. The summed E-state index contributed by atoms with van der Waals surface area (Å²) in [6, 6.07) is 7.94. The molecular formula is C12H18BrNO2S. The van der Waals surface area contributed by atoms with Crippen LogP contribution in [-0.2, 0) is 10.0 Å². The summed E-state index contributed by atoms with van der Waals surface area (Å²) in [7, 11) is -3.10. The number of sulfonamides is 1. The highest BCUT2D eigenvalue weighted by Crippen LogP contribution is 2.17. The maximum atomic E-state index is 11.5. The highest BCUT2D eigenvalue weighted by atomic mass is 79.9. The van der Waals surface area contributed by atoms with Crippen molar-refractivity contribution in [3.63, 3.8) is 0 Å². The highest BCUT2D eigenvalue weighted by Gasteiger charge is 2.11. The van der Waals surface area contributed by atoms with Crippen LogP contribution in [0.3, 0.4) is 0 Å². The van der Waals surface area contributed by atoms with Gasteiger partial charge >= 0.3 is 0 Å². The second kappa shape index (κ2) is 6.52. The molecule has 1 aromatic carbocycles. The second-order valence-electron chi connectivity index (χ2n) is 4.12. The molecule has 0 saturated carbocycles. The Morgan fingerprint density at radius 1 is 1.29 bits per heavy atom. The van der Waals surface area contributed by atoms with Crippen LogP contribution in [0, 0.1) is 0 Å². The Morgan fingerprint density at radius 2 is 1.88 bits per heavy atom. The summed E-state index contributed by atoms with van der Waals surface area (Å²) >= 11 is 3.37. The summed E-state index contributed by atoms with van der Waals surface area (Å²) in [6.07, 6.45) is 0.641. The number of hydrogen-bond donors (Lipinski definition) is 1. The van der Waals surface area contributed by atoms with Gasteiger partial charge in [-0.1, -0.05) is 41.9 Å². The molecule has 1 N–H and O–H groups in total. The molecule has 17 heavy (non-hydrogen) atoms. The first-order valence-corrected chi connectivity index (χ1v) is 8.12. The van der Waals surface area contributed by atoms with Crippen LogP contribution in [0.15, 0.2) is 28.7 Å². The molecule has 0 fully saturated rings. The fourth-order valence-corrected chi connectivity index (χ4v) is 2.95. The number of benzene rings is 1. The van der Waals surface area contributed by atoms with Crippen LogP contribution in [0.2, 0.25) is 0 Å². The molecule has 5 heteroatoms. The van der Waals surface area contributed by atoms with E-state index >= 15 is 0 Å². The molecule has 0 bridgehead atoms. The number of halogens is 1. The number of rotatable bonds is 6. The zero-order chi connectivity index (χ0) is 12.9. The van der Waals surface area contributed by atoms with Crippen LogP contribution in [0.25, 0.3) is 0 Å². The molecule has 0 amide bonds. The molecule has 1 unspecified atom stereocenters. The van der Waals surface area contributed by atoms with Gasteiger partial charge < -0.3 is 0 Å². The van der Waals surface area contributed by atoms with Gasteiger partial charge in [0.1, 0.15) is 0 Å². The van der Waals surface area contributed by atoms with Crippen LogP contribution in [0.1, 0.15) is 31.7 Å². The first kappa shape index (κ1) is 14.7. The van der Waals surface area contributed by atoms with E-state index in [-0.39, 0.29) is 11.7 Å². The zero-order valence-corrected chi connectivity index (χ0v) is 12.5. The van der Waals surface area contributed by atoms with E-state index in [0.29, 0.717) is 13.0 Å². The minimum atomic E-state index is -3.10. The Hall–Kier alpha value is -0.390. The van der Waals surface area contributed by atoms with E-state index < -0.39 is 10.0 Å². The fourth-order valence-electron chi connectivity index (χ4n) is 1.50. The smallest absolute Gasteiger partial charge is 0.211 e. The molecule has 0 aliphatic rings. The van der Waals surface area contributed by atoms with Gasteiger partial charge in [0.25, 0.3) is 0 Å². The Kier molecular flexibility index (Phi) is 5.62. The molecule has 1 aromatic rings. The number of hydrogen-bond acceptors (Lipinski definition) is 2. The first-order chi connectivity index (χ1) is 7.94. The third-order valence-electron chi connectivity index (χ3n) is 2.52. The Labute approximate surface area is 112 Å². The van der Waals surface area contributed by atoms with Gasteiger partial charge in [-0.3, -0.25) is 0 Å². The van der Waals surface area contributed by atoms with E-state index in [2.05, 4.69) is 20.7 Å². The lowest BCUT2D eigenvalue weighted by Gasteiger charge is -2.13. The molecule has 0 spiro atoms. The molecular weight excluding hydrogens is 302 g/mol. The Morgan fingerprint density at radius 3 is 2.41 bits per heavy atom. The predicted molar refractivity (Wildman–Crippen MR) is 74.6 cm³/mol. The van der Waals surface area contributed by atoms with Gasteiger partial charge in [-0.15, -0.1) is 0 Å². The molecule has 1 rings (SSSR count). The molecule has 0 radical (unpaired) electrons. The monoisotopic (exact) mass is 319 g/mol. The van der Waals surface area contributed by atoms with Crippen molar-refractivity contribution in [2.45, 2.75) is 26.2 Å². The highest BCUT2D eigenvalue weighted by molar-refractivity contribution is 9.10. The topological polar surface area (TPSA) is 46.2 Å². The lowest BCUT2D eigenvalue weighted by Crippen LogP contribution is -2.29. The molecule has 0 heterocycles. The van der Waals surface area contributed by atoms with E-state index in [0.717, 1.165) is 10.0 Å². The van der Waals surface area contributed by atoms with E-state index in [1.54, 1.807) is 0 Å². The van der Waals surface area contributed by atoms with E-state index in [1.165, 1.54) is 0 Å². The lowest BCUT2D eigenvalue weighted by atomic mass is 10.0. The summed E-state index contributed by atoms with van der Waals surface area (Å²) in [5.41, 5.74) is 1.13. The zero-order valence-electron chi connectivity index (χ0n) is 10.1. The van der Waals surface area contributed by atoms with Crippen LogP contribution in [-0.4, -0.2) is 20.7 Å². The molecule has 0 saturated heterocycles. The van der Waals surface area contributed by atoms with Crippen LogP contribution in [0.5, 0.6) is 0 Å². The number of nitrogens with one attached hydrogen (secondary N) is 1. The largest absolute Gasteiger partial charge is 0.215 e. The van der Waals surface area contributed by atoms with Gasteiger partial charge in [0.05, 0.1) is 5.75 Å². The van der Waals surface area contributed by atoms with Crippen molar-refractivity contribution in [2.75, 3.05) is 12.3 Å². The van der Waals surface area contributed by atoms with Crippen LogP contribution >= 0.6 is 15.9 Å². The van der Waals surface area contributed by atoms with Crippen molar-refractivity contribution in [1.29, 1.82) is 0 Å². The maximum absolute atomic E-state index is 11.5. The van der Waals surface area contributed by atoms with Crippen LogP contribution in [0.4, 0.5) is 0 Å². The molecule has 96 valence electrons. The van der Waals surface area contributed by atoms with Gasteiger partial charge in [0.2, 0.25) is 10.0 Å². The minimum Gasteiger partial charge on any atom is -0.215 e. The third kappa shape index (κ3) is 5.19.